The lowest BCUT2D eigenvalue weighted by molar-refractivity contribution is -0.363. The normalized spacial score (nSPS) is 15.1. The first-order chi connectivity index (χ1) is 9.97. The molecule has 0 atom stereocenters. The highest BCUT2D eigenvalue weighted by molar-refractivity contribution is 6.71. The molecule has 0 unspecified atom stereocenters. The minimum absolute atomic E-state index is 0.622. The molecular weight excluding hydrogens is 358 g/mol. The Kier molecular flexibility index (Phi) is 7.42. The van der Waals surface area contributed by atoms with Crippen LogP contribution in [0, 0.1) is 0 Å². The Labute approximate surface area is 135 Å². The molecule has 0 saturated heterocycles. The highest BCUT2D eigenvalue weighted by Crippen LogP contribution is 2.49. The van der Waals surface area contributed by atoms with E-state index in [1.807, 2.05) is 6.92 Å². The maximum atomic E-state index is 13.3. The van der Waals surface area contributed by atoms with E-state index in [0.29, 0.717) is 6.04 Å². The van der Waals surface area contributed by atoms with Gasteiger partial charge in [0.15, 0.2) is 16.6 Å². The van der Waals surface area contributed by atoms with Crippen molar-refractivity contribution in [2.45, 2.75) is 76.5 Å². The van der Waals surface area contributed by atoms with Gasteiger partial charge in [-0.2, -0.15) is 26.3 Å². The summed E-state index contributed by atoms with van der Waals surface area (Å²) in [5.41, 5.74) is -4.17. The summed E-state index contributed by atoms with van der Waals surface area (Å²) in [5.74, 6) is 0. The van der Waals surface area contributed by atoms with E-state index in [4.69, 9.17) is 4.43 Å². The Hall–Kier alpha value is -0.0662. The van der Waals surface area contributed by atoms with Gasteiger partial charge >= 0.3 is 12.4 Å². The van der Waals surface area contributed by atoms with Crippen molar-refractivity contribution >= 4 is 16.6 Å². The van der Waals surface area contributed by atoms with Crippen molar-refractivity contribution in [2.75, 3.05) is 6.61 Å². The molecule has 0 aliphatic rings. The SMILES string of the molecule is CCC[Si](C)(C)OCCC(O[Si](C)(C)C)(C(F)(F)F)C(F)(F)F. The molecule has 0 aromatic rings. The summed E-state index contributed by atoms with van der Waals surface area (Å²) in [6.07, 6.45) is -11.6. The summed E-state index contributed by atoms with van der Waals surface area (Å²) >= 11 is 0. The minimum Gasteiger partial charge on any atom is -0.417 e. The molecule has 0 aromatic carbocycles. The van der Waals surface area contributed by atoms with Crippen LogP contribution in [0.1, 0.15) is 19.8 Å². The summed E-state index contributed by atoms with van der Waals surface area (Å²) in [7, 11) is -5.37. The molecule has 0 heterocycles. The summed E-state index contributed by atoms with van der Waals surface area (Å²) in [5, 5.41) is 0. The smallest absolute Gasteiger partial charge is 0.417 e. The fourth-order valence-corrected chi connectivity index (χ4v) is 5.66. The Morgan fingerprint density at radius 2 is 1.26 bits per heavy atom. The van der Waals surface area contributed by atoms with Crippen LogP contribution in [0.3, 0.4) is 0 Å². The second kappa shape index (κ2) is 7.44. The molecule has 140 valence electrons. The minimum atomic E-state index is -5.55. The van der Waals surface area contributed by atoms with Crippen molar-refractivity contribution < 1.29 is 35.2 Å². The van der Waals surface area contributed by atoms with Gasteiger partial charge in [-0.05, 0) is 38.8 Å². The van der Waals surface area contributed by atoms with E-state index in [2.05, 4.69) is 4.43 Å². The predicted octanol–water partition coefficient (Wildman–Crippen LogP) is 5.72. The quantitative estimate of drug-likeness (QED) is 0.393. The lowest BCUT2D eigenvalue weighted by Gasteiger charge is -2.41. The largest absolute Gasteiger partial charge is 0.425 e. The zero-order valence-corrected chi connectivity index (χ0v) is 16.4. The second-order valence-corrected chi connectivity index (χ2v) is 15.9. The van der Waals surface area contributed by atoms with E-state index in [-0.39, 0.29) is 0 Å². The van der Waals surface area contributed by atoms with Crippen LogP contribution in [0.2, 0.25) is 38.8 Å². The molecule has 0 aromatic heterocycles. The fraction of sp³-hybridized carbons (Fsp3) is 1.00. The number of hydrogen-bond donors (Lipinski definition) is 0. The lowest BCUT2D eigenvalue weighted by atomic mass is 9.99. The molecule has 0 N–H and O–H groups in total. The topological polar surface area (TPSA) is 18.5 Å². The number of rotatable bonds is 8. The van der Waals surface area contributed by atoms with Gasteiger partial charge in [0.1, 0.15) is 0 Å². The third-order valence-corrected chi connectivity index (χ3v) is 6.85. The molecule has 0 saturated carbocycles. The van der Waals surface area contributed by atoms with Crippen molar-refractivity contribution in [3.8, 4) is 0 Å². The molecule has 10 heteroatoms. The first kappa shape index (κ1) is 22.9. The van der Waals surface area contributed by atoms with Crippen LogP contribution >= 0.6 is 0 Å². The third-order valence-electron chi connectivity index (χ3n) is 3.20. The molecular formula is C13H26F6O2Si2. The zero-order valence-electron chi connectivity index (χ0n) is 14.4. The standard InChI is InChI=1S/C13H26F6O2Si2/c1-7-10-23(5,6)20-9-8-11(12(14,15)16,13(17,18)19)21-22(2,3)4/h7-10H2,1-6H3. The summed E-state index contributed by atoms with van der Waals surface area (Å²) in [6, 6.07) is 0.674. The lowest BCUT2D eigenvalue weighted by Crippen LogP contribution is -2.63. The zero-order chi connectivity index (χ0) is 18.7. The molecule has 0 rings (SSSR count). The Morgan fingerprint density at radius 3 is 1.57 bits per heavy atom. The van der Waals surface area contributed by atoms with Crippen LogP contribution < -0.4 is 0 Å². The summed E-state index contributed by atoms with van der Waals surface area (Å²) < 4.78 is 89.9. The maximum Gasteiger partial charge on any atom is 0.425 e. The van der Waals surface area contributed by atoms with Gasteiger partial charge < -0.3 is 8.85 Å². The summed E-state index contributed by atoms with van der Waals surface area (Å²) in [4.78, 5) is 0. The van der Waals surface area contributed by atoms with Crippen LogP contribution in [0.25, 0.3) is 0 Å². The Balaban J connectivity index is 5.44. The van der Waals surface area contributed by atoms with Gasteiger partial charge in [-0.1, -0.05) is 13.3 Å². The van der Waals surface area contributed by atoms with E-state index in [1.54, 1.807) is 13.1 Å². The van der Waals surface area contributed by atoms with Gasteiger partial charge in [0.2, 0.25) is 0 Å². The molecule has 0 bridgehead atoms. The van der Waals surface area contributed by atoms with E-state index in [9.17, 15) is 26.3 Å². The molecule has 0 radical (unpaired) electrons. The van der Waals surface area contributed by atoms with Crippen LogP contribution in [0.5, 0.6) is 0 Å². The summed E-state index contributed by atoms with van der Waals surface area (Å²) in [6.45, 7) is 8.73. The van der Waals surface area contributed by atoms with Crippen molar-refractivity contribution in [1.82, 2.24) is 0 Å². The monoisotopic (exact) mass is 384 g/mol. The van der Waals surface area contributed by atoms with E-state index in [1.165, 1.54) is 19.6 Å². The number of alkyl halides is 6. The van der Waals surface area contributed by atoms with Crippen molar-refractivity contribution in [2.24, 2.45) is 0 Å². The van der Waals surface area contributed by atoms with Crippen molar-refractivity contribution in [3.05, 3.63) is 0 Å². The van der Waals surface area contributed by atoms with Crippen LogP contribution in [0.4, 0.5) is 26.3 Å². The third kappa shape index (κ3) is 6.75. The highest BCUT2D eigenvalue weighted by atomic mass is 28.4. The predicted molar refractivity (Wildman–Crippen MR) is 82.4 cm³/mol. The van der Waals surface area contributed by atoms with Gasteiger partial charge in [-0.15, -0.1) is 0 Å². The van der Waals surface area contributed by atoms with Gasteiger partial charge in [-0.3, -0.25) is 0 Å². The van der Waals surface area contributed by atoms with Gasteiger partial charge in [0.05, 0.1) is 0 Å². The second-order valence-electron chi connectivity index (χ2n) is 7.15. The van der Waals surface area contributed by atoms with Crippen molar-refractivity contribution in [3.63, 3.8) is 0 Å². The van der Waals surface area contributed by atoms with Gasteiger partial charge in [0.25, 0.3) is 5.60 Å². The number of halogens is 6. The Morgan fingerprint density at radius 1 is 0.826 bits per heavy atom. The molecule has 0 aliphatic carbocycles. The van der Waals surface area contributed by atoms with E-state index < -0.39 is 47.6 Å². The molecule has 0 aliphatic heterocycles. The first-order valence-corrected chi connectivity index (χ1v) is 14.0. The van der Waals surface area contributed by atoms with Gasteiger partial charge in [-0.25, -0.2) is 0 Å². The molecule has 0 fully saturated rings. The first-order valence-electron chi connectivity index (χ1n) is 7.45. The van der Waals surface area contributed by atoms with E-state index >= 15 is 0 Å². The Bertz CT molecular complexity index is 360. The fourth-order valence-electron chi connectivity index (χ4n) is 2.28. The average molecular weight is 385 g/mol. The maximum absolute atomic E-state index is 13.3. The van der Waals surface area contributed by atoms with Crippen LogP contribution in [-0.2, 0) is 8.85 Å². The van der Waals surface area contributed by atoms with Gasteiger partial charge in [0, 0.05) is 13.0 Å². The average Bonchev–Trinajstić information content (AvgIpc) is 2.22. The van der Waals surface area contributed by atoms with E-state index in [0.717, 1.165) is 6.42 Å². The highest BCUT2D eigenvalue weighted by Gasteiger charge is 2.72. The van der Waals surface area contributed by atoms with Crippen LogP contribution in [-0.4, -0.2) is 41.2 Å². The number of hydrogen-bond acceptors (Lipinski definition) is 2. The van der Waals surface area contributed by atoms with Crippen molar-refractivity contribution in [1.29, 1.82) is 0 Å². The van der Waals surface area contributed by atoms with Crippen LogP contribution in [0.15, 0.2) is 0 Å². The molecule has 2 nitrogen and oxygen atoms in total. The molecule has 23 heavy (non-hydrogen) atoms. The molecule has 0 amide bonds. The molecule has 0 spiro atoms.